The van der Waals surface area contributed by atoms with E-state index in [1.165, 1.54) is 15.6 Å². The highest BCUT2D eigenvalue weighted by atomic mass is 79.9. The molecule has 1 aromatic carbocycles. The molecule has 0 aliphatic rings. The summed E-state index contributed by atoms with van der Waals surface area (Å²) in [4.78, 5) is 0. The zero-order chi connectivity index (χ0) is 10.1. The van der Waals surface area contributed by atoms with Gasteiger partial charge in [-0.05, 0) is 23.8 Å². The number of rotatable bonds is 2. The van der Waals surface area contributed by atoms with Crippen molar-refractivity contribution < 1.29 is 4.74 Å². The van der Waals surface area contributed by atoms with Crippen molar-refractivity contribution in [1.29, 1.82) is 0 Å². The van der Waals surface area contributed by atoms with Gasteiger partial charge in [0.2, 0.25) is 0 Å². The van der Waals surface area contributed by atoms with E-state index in [9.17, 15) is 0 Å². The molecule has 0 N–H and O–H groups in total. The molecule has 0 fully saturated rings. The van der Waals surface area contributed by atoms with Gasteiger partial charge in [0, 0.05) is 20.4 Å². The van der Waals surface area contributed by atoms with Gasteiger partial charge in [0.15, 0.2) is 5.06 Å². The summed E-state index contributed by atoms with van der Waals surface area (Å²) >= 11 is 11.1. The number of hydrogen-bond donors (Lipinski definition) is 0. The van der Waals surface area contributed by atoms with Crippen molar-refractivity contribution in [2.24, 2.45) is 0 Å². The van der Waals surface area contributed by atoms with E-state index in [-0.39, 0.29) is 0 Å². The summed E-state index contributed by atoms with van der Waals surface area (Å²) in [5.41, 5.74) is 1.20. The molecule has 0 unspecified atom stereocenters. The van der Waals surface area contributed by atoms with E-state index in [1.807, 2.05) is 18.2 Å². The number of alkyl halides is 1. The first-order valence-electron chi connectivity index (χ1n) is 4.06. The van der Waals surface area contributed by atoms with Gasteiger partial charge in [0.25, 0.3) is 0 Å². The third kappa shape index (κ3) is 1.76. The maximum Gasteiger partial charge on any atom is 0.174 e. The first-order chi connectivity index (χ1) is 6.74. The largest absolute Gasteiger partial charge is 0.487 e. The van der Waals surface area contributed by atoms with Gasteiger partial charge in [0.1, 0.15) is 0 Å². The molecule has 1 heterocycles. The van der Waals surface area contributed by atoms with E-state index in [0.717, 1.165) is 15.4 Å². The quantitative estimate of drug-likeness (QED) is 0.742. The van der Waals surface area contributed by atoms with E-state index in [2.05, 4.69) is 15.9 Å². The van der Waals surface area contributed by atoms with Crippen LogP contribution in [0.5, 0.6) is 5.06 Å². The highest BCUT2D eigenvalue weighted by Crippen LogP contribution is 2.36. The van der Waals surface area contributed by atoms with Crippen molar-refractivity contribution in [2.45, 2.75) is 5.33 Å². The predicted molar refractivity (Wildman–Crippen MR) is 66.0 cm³/mol. The van der Waals surface area contributed by atoms with Gasteiger partial charge in [-0.1, -0.05) is 38.9 Å². The smallest absolute Gasteiger partial charge is 0.174 e. The summed E-state index contributed by atoms with van der Waals surface area (Å²) in [6.45, 7) is 0. The van der Waals surface area contributed by atoms with Crippen molar-refractivity contribution >= 4 is 49.0 Å². The summed E-state index contributed by atoms with van der Waals surface area (Å²) in [7, 11) is 1.68. The van der Waals surface area contributed by atoms with Gasteiger partial charge < -0.3 is 4.74 Å². The second-order valence-electron chi connectivity index (χ2n) is 2.88. The standard InChI is InChI=1S/C10H8BrClOS/c1-13-10-4-8-6(5-11)2-7(12)3-9(8)14-10/h2-4H,5H2,1H3. The van der Waals surface area contributed by atoms with Gasteiger partial charge in [-0.2, -0.15) is 0 Å². The highest BCUT2D eigenvalue weighted by Gasteiger charge is 2.07. The van der Waals surface area contributed by atoms with Crippen LogP contribution in [-0.4, -0.2) is 7.11 Å². The Kier molecular flexibility index (Phi) is 3.00. The Morgan fingerprint density at radius 1 is 1.43 bits per heavy atom. The number of halogens is 2. The van der Waals surface area contributed by atoms with E-state index in [1.54, 1.807) is 18.4 Å². The van der Waals surface area contributed by atoms with Gasteiger partial charge in [-0.3, -0.25) is 0 Å². The molecule has 0 spiro atoms. The van der Waals surface area contributed by atoms with Crippen LogP contribution in [-0.2, 0) is 5.33 Å². The average Bonchev–Trinajstić information content (AvgIpc) is 2.59. The molecule has 0 saturated heterocycles. The van der Waals surface area contributed by atoms with E-state index < -0.39 is 0 Å². The van der Waals surface area contributed by atoms with Gasteiger partial charge in [-0.15, -0.1) is 0 Å². The van der Waals surface area contributed by atoms with Crippen molar-refractivity contribution in [3.8, 4) is 5.06 Å². The topological polar surface area (TPSA) is 9.23 Å². The number of fused-ring (bicyclic) bond motifs is 1. The summed E-state index contributed by atoms with van der Waals surface area (Å²) in [6, 6.07) is 5.99. The molecule has 4 heteroatoms. The molecule has 2 aromatic rings. The van der Waals surface area contributed by atoms with E-state index >= 15 is 0 Å². The molecule has 0 amide bonds. The Labute approximate surface area is 99.8 Å². The fourth-order valence-corrected chi connectivity index (χ4v) is 3.09. The second-order valence-corrected chi connectivity index (χ2v) is 4.92. The van der Waals surface area contributed by atoms with Crippen LogP contribution in [0.1, 0.15) is 5.56 Å². The highest BCUT2D eigenvalue weighted by molar-refractivity contribution is 9.08. The number of methoxy groups -OCH3 is 1. The minimum absolute atomic E-state index is 0.774. The van der Waals surface area contributed by atoms with Crippen molar-refractivity contribution in [3.63, 3.8) is 0 Å². The number of ether oxygens (including phenoxy) is 1. The van der Waals surface area contributed by atoms with Gasteiger partial charge in [0.05, 0.1) is 7.11 Å². The minimum atomic E-state index is 0.774. The molecular formula is C10H8BrClOS. The lowest BCUT2D eigenvalue weighted by Gasteiger charge is -1.98. The Balaban J connectivity index is 2.71. The van der Waals surface area contributed by atoms with Crippen LogP contribution < -0.4 is 4.74 Å². The number of hydrogen-bond acceptors (Lipinski definition) is 2. The predicted octanol–water partition coefficient (Wildman–Crippen LogP) is 4.46. The fourth-order valence-electron chi connectivity index (χ4n) is 1.36. The molecule has 2 rings (SSSR count). The molecule has 0 aliphatic heterocycles. The van der Waals surface area contributed by atoms with E-state index in [4.69, 9.17) is 16.3 Å². The first kappa shape index (κ1) is 10.3. The molecule has 0 saturated carbocycles. The van der Waals surface area contributed by atoms with Crippen molar-refractivity contribution in [1.82, 2.24) is 0 Å². The fraction of sp³-hybridized carbons (Fsp3) is 0.200. The lowest BCUT2D eigenvalue weighted by atomic mass is 10.1. The third-order valence-corrected chi connectivity index (χ3v) is 3.88. The molecule has 1 nitrogen and oxygen atoms in total. The molecule has 14 heavy (non-hydrogen) atoms. The zero-order valence-corrected chi connectivity index (χ0v) is 10.7. The number of benzene rings is 1. The minimum Gasteiger partial charge on any atom is -0.487 e. The van der Waals surface area contributed by atoms with E-state index in [0.29, 0.717) is 0 Å². The normalized spacial score (nSPS) is 10.8. The van der Waals surface area contributed by atoms with Crippen LogP contribution in [0.3, 0.4) is 0 Å². The zero-order valence-electron chi connectivity index (χ0n) is 7.51. The maximum absolute atomic E-state index is 6.00. The van der Waals surface area contributed by atoms with Crippen LogP contribution in [0.2, 0.25) is 5.02 Å². The Hall–Kier alpha value is -0.250. The van der Waals surface area contributed by atoms with Crippen LogP contribution in [0.4, 0.5) is 0 Å². The third-order valence-electron chi connectivity index (χ3n) is 2.01. The summed E-state index contributed by atoms with van der Waals surface area (Å²) in [5, 5.41) is 3.72. The van der Waals surface area contributed by atoms with Crippen LogP contribution in [0.25, 0.3) is 10.1 Å². The number of thiophene rings is 1. The van der Waals surface area contributed by atoms with Crippen LogP contribution in [0.15, 0.2) is 18.2 Å². The lowest BCUT2D eigenvalue weighted by molar-refractivity contribution is 0.427. The maximum atomic E-state index is 6.00. The summed E-state index contributed by atoms with van der Waals surface area (Å²) in [5.74, 6) is 0. The van der Waals surface area contributed by atoms with Gasteiger partial charge in [-0.25, -0.2) is 0 Å². The first-order valence-corrected chi connectivity index (χ1v) is 6.38. The monoisotopic (exact) mass is 290 g/mol. The molecule has 0 radical (unpaired) electrons. The average molecular weight is 292 g/mol. The van der Waals surface area contributed by atoms with Gasteiger partial charge >= 0.3 is 0 Å². The Morgan fingerprint density at radius 2 is 2.21 bits per heavy atom. The molecule has 0 aliphatic carbocycles. The van der Waals surface area contributed by atoms with Crippen LogP contribution >= 0.6 is 38.9 Å². The molecule has 0 bridgehead atoms. The van der Waals surface area contributed by atoms with Crippen LogP contribution in [0, 0.1) is 0 Å². The summed E-state index contributed by atoms with van der Waals surface area (Å²) < 4.78 is 6.37. The Morgan fingerprint density at radius 3 is 2.86 bits per heavy atom. The SMILES string of the molecule is COc1cc2c(CBr)cc(Cl)cc2s1. The lowest BCUT2D eigenvalue weighted by Crippen LogP contribution is -1.78. The second kappa shape index (κ2) is 4.09. The molecule has 1 aromatic heterocycles. The van der Waals surface area contributed by atoms with Crippen molar-refractivity contribution in [3.05, 3.63) is 28.8 Å². The molecular weight excluding hydrogens is 284 g/mol. The summed E-state index contributed by atoms with van der Waals surface area (Å²) in [6.07, 6.45) is 0. The molecule has 0 atom stereocenters. The molecule has 74 valence electrons. The van der Waals surface area contributed by atoms with Crippen molar-refractivity contribution in [2.75, 3.05) is 7.11 Å². The Bertz CT molecular complexity index is 466.